The first-order chi connectivity index (χ1) is 21.0. The van der Waals surface area contributed by atoms with Crippen LogP contribution in [0.15, 0.2) is 41.7 Å². The molecule has 0 radical (unpaired) electrons. The molecule has 1 aliphatic carbocycles. The van der Waals surface area contributed by atoms with Crippen molar-refractivity contribution in [3.8, 4) is 16.6 Å². The number of fused-ring (bicyclic) bond motifs is 1. The number of ether oxygens (including phenoxy) is 1. The molecule has 11 nitrogen and oxygen atoms in total. The van der Waals surface area contributed by atoms with Gasteiger partial charge in [-0.3, -0.25) is 9.30 Å². The first kappa shape index (κ1) is 30.7. The Morgan fingerprint density at radius 1 is 1.09 bits per heavy atom. The van der Waals surface area contributed by atoms with Gasteiger partial charge in [-0.15, -0.1) is 10.2 Å². The third-order valence-electron chi connectivity index (χ3n) is 8.21. The van der Waals surface area contributed by atoms with E-state index in [0.717, 1.165) is 49.4 Å². The summed E-state index contributed by atoms with van der Waals surface area (Å²) in [5.41, 5.74) is 0.840. The summed E-state index contributed by atoms with van der Waals surface area (Å²) in [4.78, 5) is 13.8. The van der Waals surface area contributed by atoms with Gasteiger partial charge >= 0.3 is 0 Å². The second kappa shape index (κ2) is 11.9. The van der Waals surface area contributed by atoms with Crippen LogP contribution in [0.3, 0.4) is 0 Å². The molecule has 1 saturated carbocycles. The monoisotopic (exact) mass is 646 g/mol. The molecule has 1 aromatic carbocycles. The largest absolute Gasteiger partial charge is 0.497 e. The van der Waals surface area contributed by atoms with E-state index in [1.807, 2.05) is 31.2 Å². The highest BCUT2D eigenvalue weighted by Crippen LogP contribution is 2.45. The lowest BCUT2D eigenvalue weighted by atomic mass is 10.2. The lowest BCUT2D eigenvalue weighted by molar-refractivity contribution is 0.150. The molecule has 0 amide bonds. The summed E-state index contributed by atoms with van der Waals surface area (Å²) in [5.74, 6) is 1.94. The van der Waals surface area contributed by atoms with Crippen LogP contribution in [0.25, 0.3) is 16.3 Å². The van der Waals surface area contributed by atoms with Crippen molar-refractivity contribution >= 4 is 32.7 Å². The predicted octanol–water partition coefficient (Wildman–Crippen LogP) is 4.72. The molecule has 15 heteroatoms. The van der Waals surface area contributed by atoms with Crippen LogP contribution >= 0.6 is 11.3 Å². The second-order valence-electron chi connectivity index (χ2n) is 12.0. The van der Waals surface area contributed by atoms with Crippen LogP contribution in [0.4, 0.5) is 14.6 Å². The molecular weight excluding hydrogens is 611 g/mol. The van der Waals surface area contributed by atoms with Crippen molar-refractivity contribution in [1.82, 2.24) is 33.8 Å². The molecule has 0 spiro atoms. The molecule has 44 heavy (non-hydrogen) atoms. The van der Waals surface area contributed by atoms with E-state index < -0.39 is 27.0 Å². The summed E-state index contributed by atoms with van der Waals surface area (Å²) in [6.07, 6.45) is 1.71. The summed E-state index contributed by atoms with van der Waals surface area (Å²) in [7, 11) is -2.54. The quantitative estimate of drug-likeness (QED) is 0.229. The maximum atomic E-state index is 14.5. The molecule has 6 rings (SSSR count). The van der Waals surface area contributed by atoms with E-state index in [9.17, 15) is 17.2 Å². The van der Waals surface area contributed by atoms with Crippen LogP contribution in [0.1, 0.15) is 50.6 Å². The lowest BCUT2D eigenvalue weighted by Crippen LogP contribution is -2.48. The molecule has 2 aliphatic rings. The number of aromatic nitrogens is 5. The molecule has 0 unspecified atom stereocenters. The number of sulfonamides is 1. The first-order valence-corrected chi connectivity index (χ1v) is 16.9. The van der Waals surface area contributed by atoms with E-state index in [4.69, 9.17) is 9.72 Å². The minimum absolute atomic E-state index is 0.135. The average molecular weight is 647 g/mol. The fourth-order valence-corrected chi connectivity index (χ4v) is 7.99. The predicted molar refractivity (Wildman–Crippen MR) is 164 cm³/mol. The third kappa shape index (κ3) is 6.02. The molecule has 0 bridgehead atoms. The first-order valence-electron chi connectivity index (χ1n) is 14.6. The molecule has 236 valence electrons. The molecular formula is C29H36F2N8O3S2. The van der Waals surface area contributed by atoms with Gasteiger partial charge in [-0.05, 0) is 43.4 Å². The van der Waals surface area contributed by atoms with Gasteiger partial charge in [0, 0.05) is 44.8 Å². The SMILES string of the molecule is COc1ccc(CN(C2(C)CC2)S(=O)(=O)c2cn3c(-c4nnc(C(F)F)s4)ncc3c(N3CCN(CC(C)C)CC3)n2)cc1. The Hall–Kier alpha value is -3.27. The van der Waals surface area contributed by atoms with Gasteiger partial charge in [0.1, 0.15) is 11.3 Å². The highest BCUT2D eigenvalue weighted by molar-refractivity contribution is 7.89. The standard InChI is InChI=1S/C29H36F2N8O3S2/c1-19(2)16-36-11-13-37(14-12-36)25-22-15-32-26(28-35-34-27(43-28)24(30)31)38(22)18-23(33-25)44(40,41)39(29(3)9-10-29)17-20-5-7-21(42-4)8-6-20/h5-8,15,18-19,24H,9-14,16-17H2,1-4H3. The Bertz CT molecular complexity index is 1730. The number of hydrogen-bond donors (Lipinski definition) is 0. The van der Waals surface area contributed by atoms with E-state index in [-0.39, 0.29) is 22.4 Å². The molecule has 0 atom stereocenters. The topological polar surface area (TPSA) is 109 Å². The van der Waals surface area contributed by atoms with Crippen LogP contribution in [0.5, 0.6) is 5.75 Å². The number of rotatable bonds is 11. The van der Waals surface area contributed by atoms with Gasteiger partial charge in [-0.25, -0.2) is 27.2 Å². The number of benzene rings is 1. The summed E-state index contributed by atoms with van der Waals surface area (Å²) in [6.45, 7) is 10.4. The van der Waals surface area contributed by atoms with Crippen LogP contribution < -0.4 is 9.64 Å². The lowest BCUT2D eigenvalue weighted by Gasteiger charge is -2.36. The zero-order valence-electron chi connectivity index (χ0n) is 25.2. The number of nitrogens with zero attached hydrogens (tertiary/aromatic N) is 8. The Kier molecular flexibility index (Phi) is 8.32. The maximum absolute atomic E-state index is 14.5. The number of piperazine rings is 1. The molecule has 1 saturated heterocycles. The van der Waals surface area contributed by atoms with Crippen LogP contribution in [-0.2, 0) is 16.6 Å². The van der Waals surface area contributed by atoms with E-state index in [1.54, 1.807) is 17.7 Å². The van der Waals surface area contributed by atoms with Crippen LogP contribution in [-0.4, -0.2) is 87.6 Å². The summed E-state index contributed by atoms with van der Waals surface area (Å²) < 4.78 is 64.2. The number of halogens is 2. The molecule has 3 aromatic heterocycles. The third-order valence-corrected chi connectivity index (χ3v) is 11.0. The number of hydrogen-bond acceptors (Lipinski definition) is 10. The van der Waals surface area contributed by atoms with Crippen molar-refractivity contribution in [2.24, 2.45) is 5.92 Å². The van der Waals surface area contributed by atoms with Gasteiger partial charge in [0.25, 0.3) is 16.4 Å². The Balaban J connectivity index is 1.43. The van der Waals surface area contributed by atoms with Gasteiger partial charge in [0.15, 0.2) is 26.7 Å². The highest BCUT2D eigenvalue weighted by atomic mass is 32.2. The Morgan fingerprint density at radius 2 is 1.80 bits per heavy atom. The average Bonchev–Trinajstić information content (AvgIpc) is 3.36. The van der Waals surface area contributed by atoms with E-state index in [2.05, 4.69) is 38.8 Å². The summed E-state index contributed by atoms with van der Waals surface area (Å²) in [5, 5.41) is 7.18. The van der Waals surface area contributed by atoms with Crippen molar-refractivity contribution in [3.63, 3.8) is 0 Å². The zero-order chi connectivity index (χ0) is 31.2. The van der Waals surface area contributed by atoms with Crippen molar-refractivity contribution in [2.75, 3.05) is 44.7 Å². The van der Waals surface area contributed by atoms with Crippen LogP contribution in [0, 0.1) is 5.92 Å². The van der Waals surface area contributed by atoms with Gasteiger partial charge in [0.2, 0.25) is 0 Å². The summed E-state index contributed by atoms with van der Waals surface area (Å²) >= 11 is 0.733. The normalized spacial score (nSPS) is 17.3. The smallest absolute Gasteiger partial charge is 0.291 e. The van der Waals surface area contributed by atoms with E-state index in [0.29, 0.717) is 36.1 Å². The summed E-state index contributed by atoms with van der Waals surface area (Å²) in [6, 6.07) is 7.33. The van der Waals surface area contributed by atoms with Crippen molar-refractivity contribution < 1.29 is 21.9 Å². The van der Waals surface area contributed by atoms with Gasteiger partial charge in [0.05, 0.1) is 19.5 Å². The molecule has 4 aromatic rings. The van der Waals surface area contributed by atoms with Gasteiger partial charge in [-0.2, -0.15) is 4.31 Å². The van der Waals surface area contributed by atoms with Crippen molar-refractivity contribution in [3.05, 3.63) is 47.2 Å². The fraction of sp³-hybridized carbons (Fsp3) is 0.517. The number of alkyl halides is 2. The highest BCUT2D eigenvalue weighted by Gasteiger charge is 2.50. The van der Waals surface area contributed by atoms with E-state index in [1.165, 1.54) is 10.5 Å². The molecule has 4 heterocycles. The minimum Gasteiger partial charge on any atom is -0.497 e. The van der Waals surface area contributed by atoms with Gasteiger partial charge in [-0.1, -0.05) is 37.3 Å². The number of methoxy groups -OCH3 is 1. The maximum Gasteiger partial charge on any atom is 0.291 e. The second-order valence-corrected chi connectivity index (χ2v) is 14.8. The Labute approximate surface area is 259 Å². The Morgan fingerprint density at radius 3 is 2.39 bits per heavy atom. The number of anilines is 1. The number of imidazole rings is 1. The zero-order valence-corrected chi connectivity index (χ0v) is 26.8. The molecule has 0 N–H and O–H groups in total. The van der Waals surface area contributed by atoms with Crippen molar-refractivity contribution in [2.45, 2.75) is 57.1 Å². The van der Waals surface area contributed by atoms with Crippen LogP contribution in [0.2, 0.25) is 0 Å². The fourth-order valence-electron chi connectivity index (χ4n) is 5.55. The molecule has 2 fully saturated rings. The van der Waals surface area contributed by atoms with Gasteiger partial charge < -0.3 is 9.64 Å². The van der Waals surface area contributed by atoms with Crippen molar-refractivity contribution in [1.29, 1.82) is 0 Å². The molecule has 1 aliphatic heterocycles. The minimum atomic E-state index is -4.12. The van der Waals surface area contributed by atoms with E-state index >= 15 is 0 Å².